The van der Waals surface area contributed by atoms with Crippen molar-refractivity contribution in [3.63, 3.8) is 0 Å². The van der Waals surface area contributed by atoms with Gasteiger partial charge in [-0.15, -0.1) is 0 Å². The van der Waals surface area contributed by atoms with Gasteiger partial charge in [0.05, 0.1) is 17.9 Å². The lowest BCUT2D eigenvalue weighted by atomic mass is 9.87. The Hall–Kier alpha value is -2.34. The number of hydrogen-bond acceptors (Lipinski definition) is 4. The molecule has 7 heteroatoms. The molecule has 1 N–H and O–H groups in total. The monoisotopic (exact) mass is 362 g/mol. The highest BCUT2D eigenvalue weighted by atomic mass is 35.5. The molecule has 2 amide bonds. The number of fused-ring (bicyclic) bond motifs is 3. The van der Waals surface area contributed by atoms with E-state index >= 15 is 0 Å². The molecule has 0 saturated heterocycles. The first kappa shape index (κ1) is 17.5. The van der Waals surface area contributed by atoms with Gasteiger partial charge in [0.1, 0.15) is 6.04 Å². The van der Waals surface area contributed by atoms with E-state index in [1.165, 1.54) is 6.92 Å². The van der Waals surface area contributed by atoms with E-state index in [2.05, 4.69) is 5.32 Å². The number of nitrogens with zero attached hydrogens (tertiary/aromatic N) is 1. The number of rotatable bonds is 3. The first-order valence-electron chi connectivity index (χ1n) is 8.20. The van der Waals surface area contributed by atoms with Crippen LogP contribution in [0.2, 0.25) is 5.02 Å². The number of amides is 2. The Bertz CT molecular complexity index is 787. The van der Waals surface area contributed by atoms with Gasteiger partial charge in [-0.2, -0.15) is 0 Å². The summed E-state index contributed by atoms with van der Waals surface area (Å²) in [5, 5.41) is 3.16. The molecule has 6 nitrogen and oxygen atoms in total. The number of carbonyl (C=O) groups is 3. The Labute approximate surface area is 150 Å². The van der Waals surface area contributed by atoms with Crippen molar-refractivity contribution in [3.05, 3.63) is 39.9 Å². The standard InChI is InChI=1S/C18H19ClN2O4/c1-3-25-18(24)14-9-15(20-10(2)22)17(23)21-7-6-11-4-5-12(19)8-13(11)16(14)21/h4-5,8,15H,3,6-7,9H2,1-2H3,(H,20,22). The molecule has 0 radical (unpaired) electrons. The normalized spacial score (nSPS) is 19.2. The van der Waals surface area contributed by atoms with Crippen LogP contribution in [0.15, 0.2) is 23.8 Å². The van der Waals surface area contributed by atoms with E-state index in [4.69, 9.17) is 16.3 Å². The fourth-order valence-electron chi connectivity index (χ4n) is 3.36. The summed E-state index contributed by atoms with van der Waals surface area (Å²) >= 11 is 6.13. The van der Waals surface area contributed by atoms with Crippen LogP contribution in [0.4, 0.5) is 0 Å². The lowest BCUT2D eigenvalue weighted by Gasteiger charge is -2.39. The fraction of sp³-hybridized carbons (Fsp3) is 0.389. The van der Waals surface area contributed by atoms with Crippen LogP contribution in [0.5, 0.6) is 0 Å². The van der Waals surface area contributed by atoms with Gasteiger partial charge in [-0.1, -0.05) is 17.7 Å². The first-order valence-corrected chi connectivity index (χ1v) is 8.57. The van der Waals surface area contributed by atoms with Crippen LogP contribution in [0.3, 0.4) is 0 Å². The second kappa shape index (κ2) is 6.88. The van der Waals surface area contributed by atoms with Crippen molar-refractivity contribution in [2.75, 3.05) is 13.2 Å². The maximum atomic E-state index is 12.8. The number of hydrogen-bond donors (Lipinski definition) is 1. The van der Waals surface area contributed by atoms with Gasteiger partial charge in [0.25, 0.3) is 0 Å². The van der Waals surface area contributed by atoms with Gasteiger partial charge in [-0.05, 0) is 31.0 Å². The zero-order valence-electron chi connectivity index (χ0n) is 14.1. The molecular formula is C18H19ClN2O4. The quantitative estimate of drug-likeness (QED) is 0.833. The molecule has 1 atom stereocenters. The predicted molar refractivity (Wildman–Crippen MR) is 92.6 cm³/mol. The second-order valence-electron chi connectivity index (χ2n) is 6.05. The molecule has 1 aromatic rings. The lowest BCUT2D eigenvalue weighted by molar-refractivity contribution is -0.140. The molecular weight excluding hydrogens is 344 g/mol. The maximum absolute atomic E-state index is 12.8. The third kappa shape index (κ3) is 3.26. The van der Waals surface area contributed by atoms with Crippen molar-refractivity contribution in [2.45, 2.75) is 32.7 Å². The highest BCUT2D eigenvalue weighted by molar-refractivity contribution is 6.30. The molecule has 0 aromatic heterocycles. The van der Waals surface area contributed by atoms with Gasteiger partial charge >= 0.3 is 5.97 Å². The highest BCUT2D eigenvalue weighted by Gasteiger charge is 2.40. The molecule has 1 unspecified atom stereocenters. The Morgan fingerprint density at radius 3 is 2.84 bits per heavy atom. The highest BCUT2D eigenvalue weighted by Crippen LogP contribution is 2.38. The largest absolute Gasteiger partial charge is 0.463 e. The molecule has 132 valence electrons. The molecule has 2 aliphatic heterocycles. The van der Waals surface area contributed by atoms with Gasteiger partial charge in [0, 0.05) is 30.5 Å². The fourth-order valence-corrected chi connectivity index (χ4v) is 3.53. The summed E-state index contributed by atoms with van der Waals surface area (Å²) in [5.74, 6) is -1.01. The molecule has 25 heavy (non-hydrogen) atoms. The van der Waals surface area contributed by atoms with Crippen molar-refractivity contribution in [2.24, 2.45) is 0 Å². The summed E-state index contributed by atoms with van der Waals surface area (Å²) in [6, 6.07) is 4.71. The second-order valence-corrected chi connectivity index (χ2v) is 6.48. The van der Waals surface area contributed by atoms with Gasteiger partial charge in [-0.25, -0.2) is 4.79 Å². The molecule has 0 spiro atoms. The van der Waals surface area contributed by atoms with Crippen LogP contribution in [-0.2, 0) is 25.5 Å². The minimum Gasteiger partial charge on any atom is -0.463 e. The van der Waals surface area contributed by atoms with Crippen LogP contribution >= 0.6 is 11.6 Å². The Morgan fingerprint density at radius 1 is 1.40 bits per heavy atom. The van der Waals surface area contributed by atoms with Crippen molar-refractivity contribution >= 4 is 35.1 Å². The zero-order valence-corrected chi connectivity index (χ0v) is 14.9. The van der Waals surface area contributed by atoms with E-state index in [-0.39, 0.29) is 24.8 Å². The Morgan fingerprint density at radius 2 is 2.16 bits per heavy atom. The number of halogens is 1. The molecule has 3 rings (SSSR count). The zero-order chi connectivity index (χ0) is 18.1. The lowest BCUT2D eigenvalue weighted by Crippen LogP contribution is -2.52. The molecule has 0 bridgehead atoms. The first-order chi connectivity index (χ1) is 11.9. The SMILES string of the molecule is CCOC(=O)C1=C2c3cc(Cl)ccc3CCN2C(=O)C(NC(C)=O)C1. The number of esters is 1. The summed E-state index contributed by atoms with van der Waals surface area (Å²) in [5.41, 5.74) is 2.75. The number of nitrogens with one attached hydrogen (secondary N) is 1. The molecule has 1 aromatic carbocycles. The smallest absolute Gasteiger partial charge is 0.336 e. The third-order valence-corrected chi connectivity index (χ3v) is 4.59. The Balaban J connectivity index is 2.15. The average molecular weight is 363 g/mol. The van der Waals surface area contributed by atoms with Crippen molar-refractivity contribution in [1.82, 2.24) is 10.2 Å². The van der Waals surface area contributed by atoms with Crippen LogP contribution in [0.1, 0.15) is 31.4 Å². The summed E-state index contributed by atoms with van der Waals surface area (Å²) in [7, 11) is 0. The maximum Gasteiger partial charge on any atom is 0.336 e. The van der Waals surface area contributed by atoms with E-state index in [0.717, 1.165) is 11.1 Å². The van der Waals surface area contributed by atoms with E-state index < -0.39 is 12.0 Å². The van der Waals surface area contributed by atoms with Crippen molar-refractivity contribution < 1.29 is 19.1 Å². The summed E-state index contributed by atoms with van der Waals surface area (Å²) in [6.07, 6.45) is 0.764. The van der Waals surface area contributed by atoms with Crippen LogP contribution < -0.4 is 5.32 Å². The van der Waals surface area contributed by atoms with Crippen molar-refractivity contribution in [3.8, 4) is 0 Å². The molecule has 2 aliphatic rings. The average Bonchev–Trinajstić information content (AvgIpc) is 2.56. The van der Waals surface area contributed by atoms with E-state index in [1.54, 1.807) is 24.0 Å². The predicted octanol–water partition coefficient (Wildman–Crippen LogP) is 1.91. The van der Waals surface area contributed by atoms with E-state index in [0.29, 0.717) is 29.3 Å². The molecule has 2 heterocycles. The summed E-state index contributed by atoms with van der Waals surface area (Å²) in [4.78, 5) is 38.3. The van der Waals surface area contributed by atoms with E-state index in [1.807, 2.05) is 6.07 Å². The Kier molecular flexibility index (Phi) is 4.81. The summed E-state index contributed by atoms with van der Waals surface area (Å²) in [6.45, 7) is 3.76. The minimum atomic E-state index is -0.763. The number of carbonyl (C=O) groups excluding carboxylic acids is 3. The third-order valence-electron chi connectivity index (χ3n) is 4.36. The summed E-state index contributed by atoms with van der Waals surface area (Å²) < 4.78 is 5.18. The number of benzene rings is 1. The van der Waals surface area contributed by atoms with E-state index in [9.17, 15) is 14.4 Å². The van der Waals surface area contributed by atoms with Crippen LogP contribution in [0, 0.1) is 0 Å². The van der Waals surface area contributed by atoms with Gasteiger partial charge < -0.3 is 15.0 Å². The van der Waals surface area contributed by atoms with Gasteiger partial charge in [-0.3, -0.25) is 9.59 Å². The van der Waals surface area contributed by atoms with Gasteiger partial charge in [0.2, 0.25) is 11.8 Å². The molecule has 0 fully saturated rings. The van der Waals surface area contributed by atoms with Crippen LogP contribution in [0.25, 0.3) is 5.70 Å². The van der Waals surface area contributed by atoms with Crippen molar-refractivity contribution in [1.29, 1.82) is 0 Å². The van der Waals surface area contributed by atoms with Crippen LogP contribution in [-0.4, -0.2) is 41.9 Å². The minimum absolute atomic E-state index is 0.106. The number of ether oxygens (including phenoxy) is 1. The van der Waals surface area contributed by atoms with Gasteiger partial charge in [0.15, 0.2) is 0 Å². The molecule has 0 saturated carbocycles. The molecule has 0 aliphatic carbocycles. The topological polar surface area (TPSA) is 75.7 Å².